The third-order valence-corrected chi connectivity index (χ3v) is 3.71. The fourth-order valence-electron chi connectivity index (χ4n) is 2.43. The molecule has 0 aliphatic carbocycles. The standard InChI is InChI=1S/C16H23F3O3/c1-4-5-13(20)14(21)8-10(2)12-9-11(16(17,18)19)6-7-15(12)22-3/h6-7,9-10,13-14,20-21H,4-5,8H2,1-3H3. The zero-order valence-corrected chi connectivity index (χ0v) is 13.0. The van der Waals surface area contributed by atoms with Gasteiger partial charge in [-0.2, -0.15) is 13.2 Å². The molecule has 6 heteroatoms. The first-order valence-corrected chi connectivity index (χ1v) is 7.31. The lowest BCUT2D eigenvalue weighted by Crippen LogP contribution is -2.27. The number of halogens is 3. The quantitative estimate of drug-likeness (QED) is 0.805. The summed E-state index contributed by atoms with van der Waals surface area (Å²) >= 11 is 0. The molecule has 22 heavy (non-hydrogen) atoms. The van der Waals surface area contributed by atoms with Crippen LogP contribution in [0.3, 0.4) is 0 Å². The normalized spacial score (nSPS) is 16.2. The van der Waals surface area contributed by atoms with Crippen LogP contribution in [-0.2, 0) is 6.18 Å². The third-order valence-electron chi connectivity index (χ3n) is 3.71. The summed E-state index contributed by atoms with van der Waals surface area (Å²) < 4.78 is 43.6. The van der Waals surface area contributed by atoms with E-state index in [4.69, 9.17) is 4.74 Å². The van der Waals surface area contributed by atoms with Crippen molar-refractivity contribution in [1.82, 2.24) is 0 Å². The van der Waals surface area contributed by atoms with Crippen molar-refractivity contribution in [2.45, 2.75) is 57.4 Å². The summed E-state index contributed by atoms with van der Waals surface area (Å²) in [7, 11) is 1.39. The van der Waals surface area contributed by atoms with Crippen LogP contribution in [0, 0.1) is 0 Å². The number of rotatable bonds is 7. The SMILES string of the molecule is CCCC(O)C(O)CC(C)c1cc(C(F)(F)F)ccc1OC. The molecule has 0 aromatic heterocycles. The van der Waals surface area contributed by atoms with Crippen LogP contribution < -0.4 is 4.74 Å². The predicted molar refractivity (Wildman–Crippen MR) is 77.9 cm³/mol. The molecule has 3 atom stereocenters. The molecule has 0 spiro atoms. The smallest absolute Gasteiger partial charge is 0.416 e. The van der Waals surface area contributed by atoms with Crippen LogP contribution in [0.2, 0.25) is 0 Å². The number of hydrogen-bond donors (Lipinski definition) is 2. The number of alkyl halides is 3. The molecule has 126 valence electrons. The van der Waals surface area contributed by atoms with Crippen molar-refractivity contribution in [3.05, 3.63) is 29.3 Å². The van der Waals surface area contributed by atoms with Gasteiger partial charge in [-0.25, -0.2) is 0 Å². The maximum Gasteiger partial charge on any atom is 0.416 e. The van der Waals surface area contributed by atoms with E-state index in [1.807, 2.05) is 6.92 Å². The highest BCUT2D eigenvalue weighted by molar-refractivity contribution is 5.40. The van der Waals surface area contributed by atoms with Crippen molar-refractivity contribution in [3.63, 3.8) is 0 Å². The summed E-state index contributed by atoms with van der Waals surface area (Å²) in [6.45, 7) is 3.59. The predicted octanol–water partition coefficient (Wildman–Crippen LogP) is 3.73. The highest BCUT2D eigenvalue weighted by Crippen LogP contribution is 2.36. The highest BCUT2D eigenvalue weighted by atomic mass is 19.4. The number of ether oxygens (including phenoxy) is 1. The van der Waals surface area contributed by atoms with Gasteiger partial charge in [-0.15, -0.1) is 0 Å². The van der Waals surface area contributed by atoms with Crippen molar-refractivity contribution in [1.29, 1.82) is 0 Å². The first-order valence-electron chi connectivity index (χ1n) is 7.31. The first kappa shape index (κ1) is 18.8. The Hall–Kier alpha value is -1.27. The van der Waals surface area contributed by atoms with Crippen molar-refractivity contribution in [2.75, 3.05) is 7.11 Å². The topological polar surface area (TPSA) is 49.7 Å². The molecule has 0 amide bonds. The second-order valence-electron chi connectivity index (χ2n) is 5.51. The molecule has 3 unspecified atom stereocenters. The van der Waals surface area contributed by atoms with E-state index in [0.717, 1.165) is 18.6 Å². The van der Waals surface area contributed by atoms with Gasteiger partial charge in [0, 0.05) is 0 Å². The molecule has 3 nitrogen and oxygen atoms in total. The van der Waals surface area contributed by atoms with E-state index < -0.39 is 23.9 Å². The lowest BCUT2D eigenvalue weighted by Gasteiger charge is -2.23. The molecule has 2 N–H and O–H groups in total. The van der Waals surface area contributed by atoms with Crippen molar-refractivity contribution in [3.8, 4) is 5.75 Å². The van der Waals surface area contributed by atoms with E-state index in [2.05, 4.69) is 0 Å². The molecule has 1 aromatic rings. The Morgan fingerprint density at radius 3 is 2.32 bits per heavy atom. The van der Waals surface area contributed by atoms with E-state index in [0.29, 0.717) is 17.7 Å². The van der Waals surface area contributed by atoms with Crippen LogP contribution in [0.4, 0.5) is 13.2 Å². The van der Waals surface area contributed by atoms with E-state index in [1.165, 1.54) is 13.2 Å². The van der Waals surface area contributed by atoms with Gasteiger partial charge in [0.1, 0.15) is 5.75 Å². The second kappa shape index (κ2) is 7.83. The lowest BCUT2D eigenvalue weighted by atomic mass is 9.90. The summed E-state index contributed by atoms with van der Waals surface area (Å²) in [6.07, 6.45) is -4.94. The van der Waals surface area contributed by atoms with E-state index in [9.17, 15) is 23.4 Å². The van der Waals surface area contributed by atoms with Gasteiger partial charge in [-0.05, 0) is 42.5 Å². The lowest BCUT2D eigenvalue weighted by molar-refractivity contribution is -0.137. The number of benzene rings is 1. The van der Waals surface area contributed by atoms with Crippen LogP contribution in [0.5, 0.6) is 5.75 Å². The minimum absolute atomic E-state index is 0.166. The van der Waals surface area contributed by atoms with Crippen molar-refractivity contribution < 1.29 is 28.1 Å². The van der Waals surface area contributed by atoms with Crippen LogP contribution >= 0.6 is 0 Å². The largest absolute Gasteiger partial charge is 0.496 e. The average molecular weight is 320 g/mol. The Morgan fingerprint density at radius 2 is 1.82 bits per heavy atom. The van der Waals surface area contributed by atoms with Crippen LogP contribution in [0.1, 0.15) is 50.2 Å². The first-order chi connectivity index (χ1) is 10.2. The van der Waals surface area contributed by atoms with Crippen LogP contribution in [0.25, 0.3) is 0 Å². The van der Waals surface area contributed by atoms with Crippen molar-refractivity contribution >= 4 is 0 Å². The second-order valence-corrected chi connectivity index (χ2v) is 5.51. The molecule has 0 aliphatic heterocycles. The number of methoxy groups -OCH3 is 1. The number of aliphatic hydroxyl groups excluding tert-OH is 2. The van der Waals surface area contributed by atoms with Crippen LogP contribution in [-0.4, -0.2) is 29.5 Å². The fourth-order valence-corrected chi connectivity index (χ4v) is 2.43. The van der Waals surface area contributed by atoms with Gasteiger partial charge in [0.15, 0.2) is 0 Å². The van der Waals surface area contributed by atoms with Gasteiger partial charge in [0.25, 0.3) is 0 Å². The molecule has 0 saturated carbocycles. The summed E-state index contributed by atoms with van der Waals surface area (Å²) in [6, 6.07) is 3.29. The Morgan fingerprint density at radius 1 is 1.18 bits per heavy atom. The highest BCUT2D eigenvalue weighted by Gasteiger charge is 2.32. The monoisotopic (exact) mass is 320 g/mol. The molecule has 1 aromatic carbocycles. The van der Waals surface area contributed by atoms with E-state index in [1.54, 1.807) is 6.92 Å². The Bertz CT molecular complexity index is 474. The summed E-state index contributed by atoms with van der Waals surface area (Å²) in [5, 5.41) is 19.7. The minimum Gasteiger partial charge on any atom is -0.496 e. The van der Waals surface area contributed by atoms with Crippen molar-refractivity contribution in [2.24, 2.45) is 0 Å². The average Bonchev–Trinajstić information content (AvgIpc) is 2.45. The van der Waals surface area contributed by atoms with E-state index in [-0.39, 0.29) is 12.3 Å². The van der Waals surface area contributed by atoms with Gasteiger partial charge in [0.05, 0.1) is 24.9 Å². The van der Waals surface area contributed by atoms with E-state index >= 15 is 0 Å². The molecule has 1 rings (SSSR count). The minimum atomic E-state index is -4.43. The number of hydrogen-bond acceptors (Lipinski definition) is 3. The molecular formula is C16H23F3O3. The molecule has 0 radical (unpaired) electrons. The summed E-state index contributed by atoms with van der Waals surface area (Å²) in [4.78, 5) is 0. The Labute approximate surface area is 128 Å². The van der Waals surface area contributed by atoms with Gasteiger partial charge >= 0.3 is 6.18 Å². The summed E-state index contributed by atoms with van der Waals surface area (Å²) in [5.74, 6) is -0.0311. The fraction of sp³-hybridized carbons (Fsp3) is 0.625. The van der Waals surface area contributed by atoms with Gasteiger partial charge in [-0.1, -0.05) is 20.3 Å². The van der Waals surface area contributed by atoms with Gasteiger partial charge < -0.3 is 14.9 Å². The third kappa shape index (κ3) is 4.88. The molecular weight excluding hydrogens is 297 g/mol. The molecule has 0 bridgehead atoms. The zero-order valence-electron chi connectivity index (χ0n) is 13.0. The van der Waals surface area contributed by atoms with Gasteiger partial charge in [0.2, 0.25) is 0 Å². The van der Waals surface area contributed by atoms with Gasteiger partial charge in [-0.3, -0.25) is 0 Å². The Kier molecular flexibility index (Phi) is 6.68. The molecule has 0 saturated heterocycles. The van der Waals surface area contributed by atoms with Crippen LogP contribution in [0.15, 0.2) is 18.2 Å². The Balaban J connectivity index is 2.97. The number of aliphatic hydroxyl groups is 2. The molecule has 0 fully saturated rings. The maximum atomic E-state index is 12.8. The summed E-state index contributed by atoms with van der Waals surface area (Å²) in [5.41, 5.74) is -0.376. The molecule has 0 aliphatic rings. The molecule has 0 heterocycles. The maximum absolute atomic E-state index is 12.8. The zero-order chi connectivity index (χ0) is 16.9.